The first-order valence-electron chi connectivity index (χ1n) is 4.42. The Hall–Kier alpha value is 0.840. The molecule has 0 radical (unpaired) electrons. The van der Waals surface area contributed by atoms with Crippen molar-refractivity contribution in [2.24, 2.45) is 0 Å². The lowest BCUT2D eigenvalue weighted by atomic mass is 10.1. The number of rotatable bonds is 2. The van der Waals surface area contributed by atoms with Crippen LogP contribution in [0.1, 0.15) is 15.3 Å². The molecule has 1 unspecified atom stereocenters. The van der Waals surface area contributed by atoms with Crippen LogP contribution in [-0.4, -0.2) is 0 Å². The Balaban J connectivity index is 2.35. The Morgan fingerprint density at radius 2 is 1.81 bits per heavy atom. The van der Waals surface area contributed by atoms with Crippen LogP contribution >= 0.6 is 75.1 Å². The van der Waals surface area contributed by atoms with Gasteiger partial charge >= 0.3 is 0 Å². The number of thiophene rings is 1. The van der Waals surface area contributed by atoms with Crippen LogP contribution in [0.3, 0.4) is 0 Å². The molecule has 0 saturated carbocycles. The molecule has 2 aromatic rings. The molecule has 1 aromatic heterocycles. The third-order valence-electron chi connectivity index (χ3n) is 2.06. The fourth-order valence-corrected chi connectivity index (χ4v) is 4.53. The average molecular weight is 490 g/mol. The zero-order valence-corrected chi connectivity index (χ0v) is 15.0. The van der Waals surface area contributed by atoms with E-state index in [1.54, 1.807) is 11.3 Å². The summed E-state index contributed by atoms with van der Waals surface area (Å²) in [5, 5.41) is 0. The number of halogens is 4. The van der Waals surface area contributed by atoms with Crippen LogP contribution in [0.15, 0.2) is 43.1 Å². The largest absolute Gasteiger partial charge is 0.131 e. The van der Waals surface area contributed by atoms with Gasteiger partial charge in [0.05, 0.1) is 8.61 Å². The van der Waals surface area contributed by atoms with E-state index in [1.165, 1.54) is 10.4 Å². The highest BCUT2D eigenvalue weighted by atomic mass is 79.9. The van der Waals surface area contributed by atoms with Crippen LogP contribution in [0.5, 0.6) is 0 Å². The van der Waals surface area contributed by atoms with Crippen LogP contribution in [0.2, 0.25) is 0 Å². The Morgan fingerprint density at radius 1 is 1.06 bits per heavy atom. The smallest absolute Gasteiger partial charge is 0.0843 e. The van der Waals surface area contributed by atoms with Gasteiger partial charge in [-0.1, -0.05) is 44.0 Å². The summed E-state index contributed by atoms with van der Waals surface area (Å²) in [5.74, 6) is 0. The van der Waals surface area contributed by atoms with Gasteiger partial charge in [0.1, 0.15) is 0 Å². The van der Waals surface area contributed by atoms with Gasteiger partial charge in [-0.25, -0.2) is 0 Å². The lowest BCUT2D eigenvalue weighted by molar-refractivity contribution is 1.22. The molecule has 2 rings (SSSR count). The van der Waals surface area contributed by atoms with E-state index >= 15 is 0 Å². The van der Waals surface area contributed by atoms with Crippen LogP contribution in [-0.2, 0) is 0 Å². The zero-order chi connectivity index (χ0) is 11.7. The molecule has 0 aliphatic carbocycles. The second-order valence-electron chi connectivity index (χ2n) is 3.19. The summed E-state index contributed by atoms with van der Waals surface area (Å²) in [6.45, 7) is 0. The molecule has 84 valence electrons. The lowest BCUT2D eigenvalue weighted by Gasteiger charge is -2.07. The number of hydrogen-bond donors (Lipinski definition) is 0. The SMILES string of the molecule is Brc1cccc(C(Br)c2cc(Br)c(Br)s2)c1. The molecular formula is C11H6Br4S. The maximum Gasteiger partial charge on any atom is 0.0843 e. The number of hydrogen-bond acceptors (Lipinski definition) is 1. The molecular weight excluding hydrogens is 484 g/mol. The molecule has 0 aliphatic heterocycles. The first-order chi connectivity index (χ1) is 7.58. The standard InChI is InChI=1S/C11H6Br4S/c12-7-3-1-2-6(4-7)10(14)9-5-8(13)11(15)16-9/h1-5,10H. The molecule has 0 N–H and O–H groups in total. The highest BCUT2D eigenvalue weighted by Crippen LogP contribution is 2.41. The Kier molecular flexibility index (Phi) is 4.69. The fourth-order valence-electron chi connectivity index (χ4n) is 1.32. The monoisotopic (exact) mass is 486 g/mol. The predicted octanol–water partition coefficient (Wildman–Crippen LogP) is 6.52. The maximum absolute atomic E-state index is 3.72. The molecule has 5 heteroatoms. The quantitative estimate of drug-likeness (QED) is 0.421. The summed E-state index contributed by atoms with van der Waals surface area (Å²) in [6.07, 6.45) is 0. The molecule has 0 bridgehead atoms. The van der Waals surface area contributed by atoms with Crippen molar-refractivity contribution in [1.82, 2.24) is 0 Å². The minimum absolute atomic E-state index is 0.234. The minimum Gasteiger partial charge on any atom is -0.131 e. The van der Waals surface area contributed by atoms with Gasteiger partial charge in [-0.15, -0.1) is 11.3 Å². The van der Waals surface area contributed by atoms with Crippen molar-refractivity contribution in [3.05, 3.63) is 53.5 Å². The fraction of sp³-hybridized carbons (Fsp3) is 0.0909. The van der Waals surface area contributed by atoms with E-state index in [0.717, 1.165) is 12.7 Å². The topological polar surface area (TPSA) is 0 Å². The van der Waals surface area contributed by atoms with E-state index in [0.29, 0.717) is 0 Å². The van der Waals surface area contributed by atoms with Crippen molar-refractivity contribution >= 4 is 75.1 Å². The number of alkyl halides is 1. The highest BCUT2D eigenvalue weighted by molar-refractivity contribution is 9.13. The van der Waals surface area contributed by atoms with Crippen LogP contribution in [0, 0.1) is 0 Å². The summed E-state index contributed by atoms with van der Waals surface area (Å²) in [6, 6.07) is 10.5. The Morgan fingerprint density at radius 3 is 2.38 bits per heavy atom. The van der Waals surface area contributed by atoms with E-state index in [-0.39, 0.29) is 4.83 Å². The molecule has 1 atom stereocenters. The van der Waals surface area contributed by atoms with Gasteiger partial charge in [0.25, 0.3) is 0 Å². The van der Waals surface area contributed by atoms with Gasteiger partial charge < -0.3 is 0 Å². The van der Waals surface area contributed by atoms with Crippen LogP contribution in [0.25, 0.3) is 0 Å². The molecule has 0 spiro atoms. The summed E-state index contributed by atoms with van der Waals surface area (Å²) in [5.41, 5.74) is 1.25. The van der Waals surface area contributed by atoms with Gasteiger partial charge in [-0.3, -0.25) is 0 Å². The summed E-state index contributed by atoms with van der Waals surface area (Å²) in [4.78, 5) is 1.51. The van der Waals surface area contributed by atoms with Crippen molar-refractivity contribution in [3.8, 4) is 0 Å². The number of benzene rings is 1. The van der Waals surface area contributed by atoms with Crippen molar-refractivity contribution in [1.29, 1.82) is 0 Å². The first-order valence-corrected chi connectivity index (χ1v) is 8.53. The normalized spacial score (nSPS) is 12.8. The second-order valence-corrected chi connectivity index (χ2v) is 8.28. The van der Waals surface area contributed by atoms with Crippen LogP contribution < -0.4 is 0 Å². The van der Waals surface area contributed by atoms with Crippen molar-refractivity contribution in [2.75, 3.05) is 0 Å². The maximum atomic E-state index is 3.72. The van der Waals surface area contributed by atoms with Gasteiger partial charge in [0.2, 0.25) is 0 Å². The third kappa shape index (κ3) is 2.99. The molecule has 1 heterocycles. The first kappa shape index (κ1) is 13.3. The lowest BCUT2D eigenvalue weighted by Crippen LogP contribution is -1.88. The van der Waals surface area contributed by atoms with E-state index in [1.807, 2.05) is 12.1 Å². The molecule has 1 aromatic carbocycles. The van der Waals surface area contributed by atoms with Crippen molar-refractivity contribution < 1.29 is 0 Å². The molecule has 0 nitrogen and oxygen atoms in total. The Bertz CT molecular complexity index is 487. The zero-order valence-electron chi connectivity index (χ0n) is 7.88. The minimum atomic E-state index is 0.234. The van der Waals surface area contributed by atoms with E-state index in [4.69, 9.17) is 0 Å². The molecule has 0 saturated heterocycles. The van der Waals surface area contributed by atoms with E-state index < -0.39 is 0 Å². The third-order valence-corrected chi connectivity index (χ3v) is 7.19. The van der Waals surface area contributed by atoms with Gasteiger partial charge in [0.15, 0.2) is 0 Å². The molecule has 16 heavy (non-hydrogen) atoms. The van der Waals surface area contributed by atoms with E-state index in [2.05, 4.69) is 81.9 Å². The second kappa shape index (κ2) is 5.65. The van der Waals surface area contributed by atoms with Crippen LogP contribution in [0.4, 0.5) is 0 Å². The average Bonchev–Trinajstić information content (AvgIpc) is 2.58. The summed E-state index contributed by atoms with van der Waals surface area (Å²) >= 11 is 16.0. The summed E-state index contributed by atoms with van der Waals surface area (Å²) < 4.78 is 3.33. The highest BCUT2D eigenvalue weighted by Gasteiger charge is 2.14. The van der Waals surface area contributed by atoms with Gasteiger partial charge in [0, 0.05) is 13.8 Å². The summed E-state index contributed by atoms with van der Waals surface area (Å²) in [7, 11) is 0. The van der Waals surface area contributed by atoms with Crippen molar-refractivity contribution in [2.45, 2.75) is 4.83 Å². The molecule has 0 fully saturated rings. The van der Waals surface area contributed by atoms with Gasteiger partial charge in [-0.05, 0) is 55.6 Å². The predicted molar refractivity (Wildman–Crippen MR) is 84.6 cm³/mol. The molecule has 0 amide bonds. The molecule has 0 aliphatic rings. The van der Waals surface area contributed by atoms with E-state index in [9.17, 15) is 0 Å². The van der Waals surface area contributed by atoms with Crippen molar-refractivity contribution in [3.63, 3.8) is 0 Å². The van der Waals surface area contributed by atoms with Gasteiger partial charge in [-0.2, -0.15) is 0 Å². The Labute approximate surface area is 132 Å².